The van der Waals surface area contributed by atoms with E-state index in [4.69, 9.17) is 4.74 Å². The smallest absolute Gasteiger partial charge is 0.235 e. The number of hydrogen-bond acceptors (Lipinski definition) is 3. The van der Waals surface area contributed by atoms with Gasteiger partial charge in [-0.3, -0.25) is 9.59 Å². The van der Waals surface area contributed by atoms with Crippen LogP contribution in [-0.4, -0.2) is 38.6 Å². The van der Waals surface area contributed by atoms with Crippen molar-refractivity contribution >= 4 is 11.8 Å². The van der Waals surface area contributed by atoms with Crippen molar-refractivity contribution < 1.29 is 14.3 Å². The zero-order valence-corrected chi connectivity index (χ0v) is 12.1. The maximum atomic E-state index is 11.9. The third-order valence-corrected chi connectivity index (χ3v) is 2.62. The van der Waals surface area contributed by atoms with Gasteiger partial charge in [0.05, 0.1) is 0 Å². The first-order chi connectivity index (χ1) is 8.32. The van der Waals surface area contributed by atoms with Gasteiger partial charge in [-0.05, 0) is 26.2 Å². The summed E-state index contributed by atoms with van der Waals surface area (Å²) in [6.45, 7) is 8.99. The number of hydrogen-bond donors (Lipinski definition) is 2. The van der Waals surface area contributed by atoms with Gasteiger partial charge in [-0.2, -0.15) is 0 Å². The Morgan fingerprint density at radius 1 is 1.17 bits per heavy atom. The summed E-state index contributed by atoms with van der Waals surface area (Å²) in [5, 5.41) is 5.53. The van der Waals surface area contributed by atoms with Crippen LogP contribution in [0.3, 0.4) is 0 Å². The van der Waals surface area contributed by atoms with Gasteiger partial charge in [0.1, 0.15) is 5.41 Å². The highest BCUT2D eigenvalue weighted by Crippen LogP contribution is 2.15. The summed E-state index contributed by atoms with van der Waals surface area (Å²) in [5.74, 6) is -0.116. The highest BCUT2D eigenvalue weighted by Gasteiger charge is 2.35. The van der Waals surface area contributed by atoms with Gasteiger partial charge in [0.15, 0.2) is 0 Å². The Balaban J connectivity index is 4.16. The molecule has 0 heterocycles. The lowest BCUT2D eigenvalue weighted by atomic mass is 9.91. The van der Waals surface area contributed by atoms with Crippen LogP contribution in [0.1, 0.15) is 34.1 Å². The van der Waals surface area contributed by atoms with Crippen molar-refractivity contribution in [1.82, 2.24) is 10.6 Å². The molecule has 18 heavy (non-hydrogen) atoms. The highest BCUT2D eigenvalue weighted by molar-refractivity contribution is 6.04. The van der Waals surface area contributed by atoms with Crippen molar-refractivity contribution in [2.24, 2.45) is 11.3 Å². The zero-order valence-electron chi connectivity index (χ0n) is 12.1. The quantitative estimate of drug-likeness (QED) is 0.503. The van der Waals surface area contributed by atoms with E-state index in [0.717, 1.165) is 6.42 Å². The Kier molecular flexibility index (Phi) is 7.59. The predicted octanol–water partition coefficient (Wildman–Crippen LogP) is 0.937. The number of ether oxygens (including phenoxy) is 1. The molecule has 2 amide bonds. The zero-order chi connectivity index (χ0) is 14.2. The topological polar surface area (TPSA) is 67.4 Å². The molecule has 0 spiro atoms. The third kappa shape index (κ3) is 6.00. The molecule has 0 fully saturated rings. The fourth-order valence-electron chi connectivity index (χ4n) is 1.26. The Hall–Kier alpha value is -1.10. The van der Waals surface area contributed by atoms with Crippen LogP contribution in [0.2, 0.25) is 0 Å². The fourth-order valence-corrected chi connectivity index (χ4v) is 1.26. The summed E-state index contributed by atoms with van der Waals surface area (Å²) in [4.78, 5) is 23.8. The lowest BCUT2D eigenvalue weighted by Crippen LogP contribution is -2.48. The molecule has 0 radical (unpaired) electrons. The average molecular weight is 258 g/mol. The van der Waals surface area contributed by atoms with Crippen molar-refractivity contribution in [3.8, 4) is 0 Å². The SMILES string of the molecule is COCCCNC(=O)C(C)(C)C(=O)NCC(C)C. The van der Waals surface area contributed by atoms with E-state index >= 15 is 0 Å². The van der Waals surface area contributed by atoms with Crippen LogP contribution >= 0.6 is 0 Å². The maximum Gasteiger partial charge on any atom is 0.235 e. The van der Waals surface area contributed by atoms with Gasteiger partial charge < -0.3 is 15.4 Å². The Morgan fingerprint density at radius 3 is 2.22 bits per heavy atom. The van der Waals surface area contributed by atoms with Crippen molar-refractivity contribution in [2.75, 3.05) is 26.8 Å². The predicted molar refractivity (Wildman–Crippen MR) is 71.1 cm³/mol. The summed E-state index contributed by atoms with van der Waals surface area (Å²) in [6, 6.07) is 0. The van der Waals surface area contributed by atoms with Crippen LogP contribution in [0.25, 0.3) is 0 Å². The third-order valence-electron chi connectivity index (χ3n) is 2.62. The van der Waals surface area contributed by atoms with Gasteiger partial charge in [0, 0.05) is 26.8 Å². The van der Waals surface area contributed by atoms with Gasteiger partial charge in [-0.15, -0.1) is 0 Å². The van der Waals surface area contributed by atoms with Crippen molar-refractivity contribution in [2.45, 2.75) is 34.1 Å². The van der Waals surface area contributed by atoms with Gasteiger partial charge in [-0.1, -0.05) is 13.8 Å². The van der Waals surface area contributed by atoms with Crippen molar-refractivity contribution in [1.29, 1.82) is 0 Å². The number of nitrogens with one attached hydrogen (secondary N) is 2. The molecule has 0 aromatic heterocycles. The largest absolute Gasteiger partial charge is 0.385 e. The summed E-state index contributed by atoms with van der Waals surface area (Å²) < 4.78 is 4.89. The second-order valence-corrected chi connectivity index (χ2v) is 5.33. The average Bonchev–Trinajstić information content (AvgIpc) is 2.30. The summed E-state index contributed by atoms with van der Waals surface area (Å²) >= 11 is 0. The van der Waals surface area contributed by atoms with Crippen molar-refractivity contribution in [3.63, 3.8) is 0 Å². The Bertz CT molecular complexity index is 275. The molecule has 5 heteroatoms. The number of rotatable bonds is 8. The number of carbonyl (C=O) groups is 2. The Morgan fingerprint density at radius 2 is 1.72 bits per heavy atom. The number of methoxy groups -OCH3 is 1. The lowest BCUT2D eigenvalue weighted by Gasteiger charge is -2.23. The number of carbonyl (C=O) groups excluding carboxylic acids is 2. The van der Waals surface area contributed by atoms with Crippen LogP contribution in [-0.2, 0) is 14.3 Å². The van der Waals surface area contributed by atoms with E-state index in [1.54, 1.807) is 21.0 Å². The van der Waals surface area contributed by atoms with E-state index in [1.807, 2.05) is 13.8 Å². The minimum Gasteiger partial charge on any atom is -0.385 e. The van der Waals surface area contributed by atoms with E-state index in [2.05, 4.69) is 10.6 Å². The van der Waals surface area contributed by atoms with E-state index in [1.165, 1.54) is 0 Å². The first-order valence-corrected chi connectivity index (χ1v) is 6.38. The first-order valence-electron chi connectivity index (χ1n) is 6.38. The summed E-state index contributed by atoms with van der Waals surface area (Å²) in [7, 11) is 1.62. The molecule has 0 aliphatic heterocycles. The molecule has 0 bridgehead atoms. The lowest BCUT2D eigenvalue weighted by molar-refractivity contribution is -0.141. The second-order valence-electron chi connectivity index (χ2n) is 5.33. The molecule has 0 aliphatic carbocycles. The first kappa shape index (κ1) is 16.9. The van der Waals surface area contributed by atoms with Gasteiger partial charge in [0.25, 0.3) is 0 Å². The molecular formula is C13H26N2O3. The molecule has 106 valence electrons. The van der Waals surface area contributed by atoms with E-state index < -0.39 is 5.41 Å². The van der Waals surface area contributed by atoms with Crippen LogP contribution in [0.4, 0.5) is 0 Å². The molecule has 0 saturated carbocycles. The second kappa shape index (κ2) is 8.08. The van der Waals surface area contributed by atoms with E-state index in [9.17, 15) is 9.59 Å². The maximum absolute atomic E-state index is 11.9. The monoisotopic (exact) mass is 258 g/mol. The minimum absolute atomic E-state index is 0.236. The van der Waals surface area contributed by atoms with Gasteiger partial charge in [-0.25, -0.2) is 0 Å². The molecule has 5 nitrogen and oxygen atoms in total. The standard InChI is InChI=1S/C13H26N2O3/c1-10(2)9-15-12(17)13(3,4)11(16)14-7-6-8-18-5/h10H,6-9H2,1-5H3,(H,14,16)(H,15,17). The molecule has 0 atom stereocenters. The molecule has 0 aliphatic rings. The number of amides is 2. The van der Waals surface area contributed by atoms with Crippen LogP contribution < -0.4 is 10.6 Å². The fraction of sp³-hybridized carbons (Fsp3) is 0.846. The minimum atomic E-state index is -1.04. The van der Waals surface area contributed by atoms with Crippen LogP contribution in [0.5, 0.6) is 0 Å². The summed E-state index contributed by atoms with van der Waals surface area (Å²) in [6.07, 6.45) is 0.742. The molecule has 0 aromatic carbocycles. The highest BCUT2D eigenvalue weighted by atomic mass is 16.5. The van der Waals surface area contributed by atoms with Crippen molar-refractivity contribution in [3.05, 3.63) is 0 Å². The summed E-state index contributed by atoms with van der Waals surface area (Å²) in [5.41, 5.74) is -1.04. The van der Waals surface area contributed by atoms with Crippen LogP contribution in [0.15, 0.2) is 0 Å². The molecule has 0 rings (SSSR count). The normalized spacial score (nSPS) is 11.4. The van der Waals surface area contributed by atoms with E-state index in [-0.39, 0.29) is 11.8 Å². The molecule has 0 saturated heterocycles. The van der Waals surface area contributed by atoms with Gasteiger partial charge >= 0.3 is 0 Å². The molecular weight excluding hydrogens is 232 g/mol. The molecule has 2 N–H and O–H groups in total. The molecule has 0 unspecified atom stereocenters. The Labute approximate surface area is 110 Å². The van der Waals surface area contributed by atoms with Gasteiger partial charge in [0.2, 0.25) is 11.8 Å². The van der Waals surface area contributed by atoms with E-state index in [0.29, 0.717) is 25.6 Å². The van der Waals surface area contributed by atoms with Crippen LogP contribution in [0, 0.1) is 11.3 Å². The molecule has 0 aromatic rings.